The van der Waals surface area contributed by atoms with Crippen molar-refractivity contribution in [2.75, 3.05) is 40.9 Å². The van der Waals surface area contributed by atoms with Crippen LogP contribution in [0.1, 0.15) is 41.1 Å². The van der Waals surface area contributed by atoms with Crippen molar-refractivity contribution in [2.24, 2.45) is 0 Å². The van der Waals surface area contributed by atoms with Gasteiger partial charge in [0.15, 0.2) is 5.43 Å². The van der Waals surface area contributed by atoms with E-state index in [1.807, 2.05) is 45.3 Å². The molecule has 7 nitrogen and oxygen atoms in total. The number of benzene rings is 2. The fourth-order valence-corrected chi connectivity index (χ4v) is 4.20. The summed E-state index contributed by atoms with van der Waals surface area (Å²) in [7, 11) is 5.58. The van der Waals surface area contributed by atoms with Crippen LogP contribution in [0.15, 0.2) is 51.7 Å². The van der Waals surface area contributed by atoms with E-state index in [4.69, 9.17) is 13.9 Å². The molecule has 168 valence electrons. The summed E-state index contributed by atoms with van der Waals surface area (Å²) in [6.07, 6.45) is 0.773. The van der Waals surface area contributed by atoms with Crippen molar-refractivity contribution >= 4 is 16.9 Å². The smallest absolute Gasteiger partial charge is 0.290 e. The molecule has 0 N–H and O–H groups in total. The highest BCUT2D eigenvalue weighted by Gasteiger charge is 2.42. The van der Waals surface area contributed by atoms with Crippen molar-refractivity contribution in [1.29, 1.82) is 0 Å². The third-order valence-electron chi connectivity index (χ3n) is 5.66. The number of carbonyl (C=O) groups excluding carboxylic acids is 1. The van der Waals surface area contributed by atoms with Gasteiger partial charge in [-0.15, -0.1) is 0 Å². The maximum atomic E-state index is 13.6. The summed E-state index contributed by atoms with van der Waals surface area (Å²) in [6, 6.07) is 12.1. The largest absolute Gasteiger partial charge is 0.497 e. The van der Waals surface area contributed by atoms with Gasteiger partial charge in [0.05, 0.1) is 30.7 Å². The predicted octanol–water partition coefficient (Wildman–Crippen LogP) is 3.70. The number of rotatable bonds is 8. The van der Waals surface area contributed by atoms with Gasteiger partial charge < -0.3 is 23.7 Å². The Labute approximate surface area is 187 Å². The Morgan fingerprint density at radius 1 is 1.09 bits per heavy atom. The summed E-state index contributed by atoms with van der Waals surface area (Å²) >= 11 is 0. The third kappa shape index (κ3) is 3.96. The number of carbonyl (C=O) groups is 1. The van der Waals surface area contributed by atoms with Gasteiger partial charge in [0.2, 0.25) is 5.76 Å². The van der Waals surface area contributed by atoms with Crippen molar-refractivity contribution in [2.45, 2.75) is 19.4 Å². The highest BCUT2D eigenvalue weighted by Crippen LogP contribution is 2.39. The number of fused-ring (bicyclic) bond motifs is 2. The lowest BCUT2D eigenvalue weighted by molar-refractivity contribution is 0.0722. The van der Waals surface area contributed by atoms with Gasteiger partial charge >= 0.3 is 0 Å². The van der Waals surface area contributed by atoms with Crippen molar-refractivity contribution in [3.05, 3.63) is 69.6 Å². The maximum Gasteiger partial charge on any atom is 0.290 e. The Kier molecular flexibility index (Phi) is 6.19. The van der Waals surface area contributed by atoms with Crippen molar-refractivity contribution in [1.82, 2.24) is 9.80 Å². The zero-order chi connectivity index (χ0) is 22.8. The van der Waals surface area contributed by atoms with Gasteiger partial charge in [0, 0.05) is 12.6 Å². The van der Waals surface area contributed by atoms with E-state index >= 15 is 0 Å². The Hall–Kier alpha value is -3.32. The molecule has 4 rings (SSSR count). The number of amides is 1. The van der Waals surface area contributed by atoms with Gasteiger partial charge in [-0.25, -0.2) is 0 Å². The summed E-state index contributed by atoms with van der Waals surface area (Å²) in [5.74, 6) is 1.10. The SMILES string of the molecule is CCOc1ccc2c(=O)c3c(oc2c1)C(=O)N(CCCN(C)C)C3c1cccc(OC)c1. The van der Waals surface area contributed by atoms with E-state index < -0.39 is 6.04 Å². The van der Waals surface area contributed by atoms with Crippen LogP contribution in [0.4, 0.5) is 0 Å². The Morgan fingerprint density at radius 3 is 2.62 bits per heavy atom. The first-order chi connectivity index (χ1) is 15.4. The first-order valence-corrected chi connectivity index (χ1v) is 10.8. The molecule has 1 aliphatic rings. The lowest BCUT2D eigenvalue weighted by Crippen LogP contribution is -2.32. The number of methoxy groups -OCH3 is 1. The van der Waals surface area contributed by atoms with Gasteiger partial charge in [-0.2, -0.15) is 0 Å². The second kappa shape index (κ2) is 9.04. The van der Waals surface area contributed by atoms with Crippen LogP contribution in [0.3, 0.4) is 0 Å². The van der Waals surface area contributed by atoms with Crippen LogP contribution in [-0.2, 0) is 0 Å². The first-order valence-electron chi connectivity index (χ1n) is 10.8. The zero-order valence-corrected chi connectivity index (χ0v) is 18.9. The highest BCUT2D eigenvalue weighted by molar-refractivity contribution is 5.99. The van der Waals surface area contributed by atoms with Crippen LogP contribution in [0.25, 0.3) is 11.0 Å². The van der Waals surface area contributed by atoms with E-state index in [-0.39, 0.29) is 17.1 Å². The molecule has 0 spiro atoms. The van der Waals surface area contributed by atoms with Crippen LogP contribution in [0.5, 0.6) is 11.5 Å². The average Bonchev–Trinajstić information content (AvgIpc) is 3.06. The number of hydrogen-bond donors (Lipinski definition) is 0. The monoisotopic (exact) mass is 436 g/mol. The van der Waals surface area contributed by atoms with E-state index in [9.17, 15) is 9.59 Å². The van der Waals surface area contributed by atoms with Gasteiger partial charge in [0.1, 0.15) is 17.1 Å². The van der Waals surface area contributed by atoms with Crippen molar-refractivity contribution in [3.63, 3.8) is 0 Å². The lowest BCUT2D eigenvalue weighted by Gasteiger charge is -2.26. The molecule has 0 saturated carbocycles. The van der Waals surface area contributed by atoms with Gasteiger partial charge in [-0.3, -0.25) is 9.59 Å². The molecule has 3 aromatic rings. The fourth-order valence-electron chi connectivity index (χ4n) is 4.20. The van der Waals surface area contributed by atoms with Gasteiger partial charge in [-0.05, 0) is 63.8 Å². The zero-order valence-electron chi connectivity index (χ0n) is 18.9. The summed E-state index contributed by atoms with van der Waals surface area (Å²) < 4.78 is 17.0. The van der Waals surface area contributed by atoms with E-state index in [0.29, 0.717) is 41.2 Å². The molecule has 0 radical (unpaired) electrons. The summed E-state index contributed by atoms with van der Waals surface area (Å²) in [6.45, 7) is 3.71. The molecule has 1 atom stereocenters. The molecule has 32 heavy (non-hydrogen) atoms. The minimum Gasteiger partial charge on any atom is -0.497 e. The van der Waals surface area contributed by atoms with Gasteiger partial charge in [-0.1, -0.05) is 12.1 Å². The van der Waals surface area contributed by atoms with Crippen LogP contribution in [0.2, 0.25) is 0 Å². The molecule has 2 heterocycles. The molecule has 1 aliphatic heterocycles. The number of hydrogen-bond acceptors (Lipinski definition) is 6. The fraction of sp³-hybridized carbons (Fsp3) is 0.360. The standard InChI is InChI=1S/C25H28N2O5/c1-5-31-18-10-11-19-20(15-18)32-24-21(23(19)28)22(16-8-6-9-17(14-16)30-4)27(25(24)29)13-7-12-26(2)3/h6,8-11,14-15,22H,5,7,12-13H2,1-4H3. The molecular weight excluding hydrogens is 408 g/mol. The Morgan fingerprint density at radius 2 is 1.91 bits per heavy atom. The molecule has 0 bridgehead atoms. The van der Waals surface area contributed by atoms with Crippen molar-refractivity contribution < 1.29 is 18.7 Å². The normalized spacial score (nSPS) is 15.5. The Balaban J connectivity index is 1.86. The highest BCUT2D eigenvalue weighted by atomic mass is 16.5. The molecule has 0 saturated heterocycles. The minimum atomic E-state index is -0.526. The molecule has 2 aromatic carbocycles. The summed E-state index contributed by atoms with van der Waals surface area (Å²) in [5.41, 5.74) is 1.36. The minimum absolute atomic E-state index is 0.105. The maximum absolute atomic E-state index is 13.6. The molecule has 0 fully saturated rings. The predicted molar refractivity (Wildman–Crippen MR) is 123 cm³/mol. The third-order valence-corrected chi connectivity index (χ3v) is 5.66. The van der Waals surface area contributed by atoms with Crippen molar-refractivity contribution in [3.8, 4) is 11.5 Å². The van der Waals surface area contributed by atoms with E-state index in [1.54, 1.807) is 30.2 Å². The van der Waals surface area contributed by atoms with Crippen LogP contribution < -0.4 is 14.9 Å². The lowest BCUT2D eigenvalue weighted by atomic mass is 9.98. The Bertz CT molecular complexity index is 1200. The van der Waals surface area contributed by atoms with E-state index in [0.717, 1.165) is 18.5 Å². The van der Waals surface area contributed by atoms with Crippen LogP contribution in [-0.4, -0.2) is 56.6 Å². The second-order valence-corrected chi connectivity index (χ2v) is 8.10. The molecule has 7 heteroatoms. The summed E-state index contributed by atoms with van der Waals surface area (Å²) in [4.78, 5) is 30.8. The van der Waals surface area contributed by atoms with Gasteiger partial charge in [0.25, 0.3) is 5.91 Å². The number of nitrogens with zero attached hydrogens (tertiary/aromatic N) is 2. The number of ether oxygens (including phenoxy) is 2. The molecule has 0 aliphatic carbocycles. The first kappa shape index (κ1) is 21.9. The van der Waals surface area contributed by atoms with Crippen LogP contribution in [0, 0.1) is 0 Å². The molecule has 1 amide bonds. The van der Waals surface area contributed by atoms with E-state index in [2.05, 4.69) is 4.90 Å². The van der Waals surface area contributed by atoms with E-state index in [1.165, 1.54) is 0 Å². The molecule has 1 aromatic heterocycles. The quantitative estimate of drug-likeness (QED) is 0.536. The second-order valence-electron chi connectivity index (χ2n) is 8.10. The average molecular weight is 437 g/mol. The van der Waals surface area contributed by atoms with Crippen LogP contribution >= 0.6 is 0 Å². The summed E-state index contributed by atoms with van der Waals surface area (Å²) in [5, 5.41) is 0.433. The molecular formula is C25H28N2O5. The molecule has 1 unspecified atom stereocenters. The topological polar surface area (TPSA) is 72.2 Å².